The maximum atomic E-state index is 12.4. The zero-order chi connectivity index (χ0) is 13.1. The van der Waals surface area contributed by atoms with Gasteiger partial charge >= 0.3 is 12.1 Å². The van der Waals surface area contributed by atoms with Crippen LogP contribution in [0.2, 0.25) is 0 Å². The van der Waals surface area contributed by atoms with E-state index in [9.17, 15) is 18.0 Å². The summed E-state index contributed by atoms with van der Waals surface area (Å²) in [5, 5.41) is 8.67. The second-order valence-corrected chi connectivity index (χ2v) is 3.05. The van der Waals surface area contributed by atoms with E-state index in [4.69, 9.17) is 5.26 Å². The highest BCUT2D eigenvalue weighted by Crippen LogP contribution is 2.28. The number of methoxy groups -OCH3 is 1. The lowest BCUT2D eigenvalue weighted by Crippen LogP contribution is -2.13. The number of pyridine rings is 1. The number of esters is 1. The smallest absolute Gasteiger partial charge is 0.433 e. The lowest BCUT2D eigenvalue weighted by molar-refractivity contribution is -0.142. The summed E-state index contributed by atoms with van der Waals surface area (Å²) in [6.07, 6.45) is -5.08. The molecule has 0 aliphatic carbocycles. The fourth-order valence-corrected chi connectivity index (χ4v) is 1.10. The van der Waals surface area contributed by atoms with Crippen molar-refractivity contribution in [2.24, 2.45) is 0 Å². The third-order valence-electron chi connectivity index (χ3n) is 1.92. The number of aromatic nitrogens is 1. The van der Waals surface area contributed by atoms with Crippen molar-refractivity contribution in [2.45, 2.75) is 12.6 Å². The van der Waals surface area contributed by atoms with Crippen LogP contribution in [0.4, 0.5) is 13.2 Å². The Morgan fingerprint density at radius 1 is 1.53 bits per heavy atom. The van der Waals surface area contributed by atoms with Crippen LogP contribution in [0.25, 0.3) is 0 Å². The van der Waals surface area contributed by atoms with Crippen LogP contribution < -0.4 is 0 Å². The van der Waals surface area contributed by atoms with Gasteiger partial charge in [0, 0.05) is 0 Å². The van der Waals surface area contributed by atoms with Crippen molar-refractivity contribution in [1.29, 1.82) is 5.26 Å². The average molecular weight is 244 g/mol. The molecule has 7 heteroatoms. The van der Waals surface area contributed by atoms with Crippen LogP contribution in [-0.2, 0) is 22.1 Å². The van der Waals surface area contributed by atoms with E-state index in [1.807, 2.05) is 0 Å². The zero-order valence-electron chi connectivity index (χ0n) is 8.71. The summed E-state index contributed by atoms with van der Waals surface area (Å²) in [7, 11) is 1.10. The van der Waals surface area contributed by atoms with Gasteiger partial charge in [-0.3, -0.25) is 4.79 Å². The van der Waals surface area contributed by atoms with Gasteiger partial charge < -0.3 is 4.74 Å². The number of halogens is 3. The topological polar surface area (TPSA) is 63.0 Å². The number of rotatable bonds is 2. The Kier molecular flexibility index (Phi) is 3.68. The van der Waals surface area contributed by atoms with Crippen molar-refractivity contribution in [3.63, 3.8) is 0 Å². The van der Waals surface area contributed by atoms with Crippen LogP contribution in [0.1, 0.15) is 17.0 Å². The number of nitriles is 1. The van der Waals surface area contributed by atoms with Gasteiger partial charge in [-0.25, -0.2) is 4.98 Å². The first-order valence-electron chi connectivity index (χ1n) is 4.42. The lowest BCUT2D eigenvalue weighted by atomic mass is 10.1. The molecular weight excluding hydrogens is 237 g/mol. The number of nitrogens with zero attached hydrogens (tertiary/aromatic N) is 2. The molecule has 0 amide bonds. The van der Waals surface area contributed by atoms with E-state index in [-0.39, 0.29) is 11.3 Å². The van der Waals surface area contributed by atoms with E-state index in [1.165, 1.54) is 0 Å². The zero-order valence-corrected chi connectivity index (χ0v) is 8.71. The molecule has 0 N–H and O–H groups in total. The number of hydrogen-bond donors (Lipinski definition) is 0. The van der Waals surface area contributed by atoms with Crippen molar-refractivity contribution in [2.75, 3.05) is 7.11 Å². The fraction of sp³-hybridized carbons (Fsp3) is 0.300. The van der Waals surface area contributed by atoms with E-state index in [2.05, 4.69) is 9.72 Å². The molecule has 1 aromatic heterocycles. The van der Waals surface area contributed by atoms with Gasteiger partial charge in [-0.15, -0.1) is 0 Å². The highest BCUT2D eigenvalue weighted by atomic mass is 19.4. The molecule has 0 saturated heterocycles. The molecule has 90 valence electrons. The summed E-state index contributed by atoms with van der Waals surface area (Å²) >= 11 is 0. The second kappa shape index (κ2) is 4.82. The highest BCUT2D eigenvalue weighted by molar-refractivity contribution is 5.72. The summed E-state index contributed by atoms with van der Waals surface area (Å²) in [5.41, 5.74) is -1.46. The van der Waals surface area contributed by atoms with Gasteiger partial charge in [0.2, 0.25) is 0 Å². The molecule has 0 spiro atoms. The Hall–Kier alpha value is -2.10. The number of alkyl halides is 3. The maximum Gasteiger partial charge on any atom is 0.433 e. The summed E-state index contributed by atoms with van der Waals surface area (Å²) in [6, 6.07) is 3.34. The number of carbonyl (C=O) groups is 1. The third-order valence-corrected chi connectivity index (χ3v) is 1.92. The summed E-state index contributed by atoms with van der Waals surface area (Å²) in [5.74, 6) is -0.756. The maximum absolute atomic E-state index is 12.4. The minimum absolute atomic E-state index is 0.0802. The molecule has 4 nitrogen and oxygen atoms in total. The second-order valence-electron chi connectivity index (χ2n) is 3.05. The van der Waals surface area contributed by atoms with Gasteiger partial charge in [-0.1, -0.05) is 0 Å². The predicted octanol–water partition coefficient (Wildman–Crippen LogP) is 1.69. The van der Waals surface area contributed by atoms with E-state index >= 15 is 0 Å². The monoisotopic (exact) mass is 244 g/mol. The summed E-state index contributed by atoms with van der Waals surface area (Å²) in [4.78, 5) is 14.2. The molecule has 1 rings (SSSR count). The van der Waals surface area contributed by atoms with Crippen LogP contribution in [-0.4, -0.2) is 18.1 Å². The lowest BCUT2D eigenvalue weighted by Gasteiger charge is -2.08. The highest BCUT2D eigenvalue weighted by Gasteiger charge is 2.33. The molecule has 0 bridgehead atoms. The standard InChI is InChI=1S/C10H7F3N2O2/c1-17-9(16)4-7-6(5-14)2-3-8(15-7)10(11,12)13/h2-3H,4H2,1H3. The Bertz CT molecular complexity index is 477. The molecule has 1 aromatic rings. The summed E-state index contributed by atoms with van der Waals surface area (Å²) < 4.78 is 41.4. The SMILES string of the molecule is COC(=O)Cc1nc(C(F)(F)F)ccc1C#N. The van der Waals surface area contributed by atoms with Gasteiger partial charge in [-0.05, 0) is 12.1 Å². The summed E-state index contributed by atoms with van der Waals surface area (Å²) in [6.45, 7) is 0. The molecule has 0 radical (unpaired) electrons. The van der Waals surface area contributed by atoms with Crippen molar-refractivity contribution >= 4 is 5.97 Å². The third kappa shape index (κ3) is 3.17. The first-order chi connectivity index (χ1) is 7.88. The minimum Gasteiger partial charge on any atom is -0.469 e. The number of carbonyl (C=O) groups excluding carboxylic acids is 1. The van der Waals surface area contributed by atoms with Gasteiger partial charge in [0.1, 0.15) is 11.8 Å². The molecule has 0 saturated carbocycles. The van der Waals surface area contributed by atoms with Crippen LogP contribution in [0.15, 0.2) is 12.1 Å². The molecule has 0 fully saturated rings. The van der Waals surface area contributed by atoms with E-state index < -0.39 is 24.3 Å². The van der Waals surface area contributed by atoms with Crippen LogP contribution in [0.3, 0.4) is 0 Å². The van der Waals surface area contributed by atoms with Crippen LogP contribution in [0.5, 0.6) is 0 Å². The molecule has 0 atom stereocenters. The van der Waals surface area contributed by atoms with Gasteiger partial charge in [0.25, 0.3) is 0 Å². The first-order valence-corrected chi connectivity index (χ1v) is 4.42. The molecule has 17 heavy (non-hydrogen) atoms. The number of ether oxygens (including phenoxy) is 1. The quantitative estimate of drug-likeness (QED) is 0.742. The molecule has 0 aromatic carbocycles. The Morgan fingerprint density at radius 3 is 2.65 bits per heavy atom. The first kappa shape index (κ1) is 13.0. The molecule has 0 unspecified atom stereocenters. The van der Waals surface area contributed by atoms with Crippen molar-refractivity contribution in [1.82, 2.24) is 4.98 Å². The Labute approximate surface area is 94.6 Å². The van der Waals surface area contributed by atoms with Crippen molar-refractivity contribution in [3.05, 3.63) is 29.1 Å². The largest absolute Gasteiger partial charge is 0.469 e. The van der Waals surface area contributed by atoms with Gasteiger partial charge in [0.15, 0.2) is 0 Å². The van der Waals surface area contributed by atoms with Crippen LogP contribution in [0, 0.1) is 11.3 Å². The minimum atomic E-state index is -4.61. The van der Waals surface area contributed by atoms with Gasteiger partial charge in [-0.2, -0.15) is 18.4 Å². The number of hydrogen-bond acceptors (Lipinski definition) is 4. The van der Waals surface area contributed by atoms with E-state index in [1.54, 1.807) is 6.07 Å². The molecular formula is C10H7F3N2O2. The molecule has 1 heterocycles. The van der Waals surface area contributed by atoms with E-state index in [0.717, 1.165) is 13.2 Å². The Morgan fingerprint density at radius 2 is 2.18 bits per heavy atom. The predicted molar refractivity (Wildman–Crippen MR) is 49.7 cm³/mol. The van der Waals surface area contributed by atoms with E-state index in [0.29, 0.717) is 6.07 Å². The average Bonchev–Trinajstić information content (AvgIpc) is 2.27. The molecule has 0 aliphatic heterocycles. The van der Waals surface area contributed by atoms with Gasteiger partial charge in [0.05, 0.1) is 24.8 Å². The van der Waals surface area contributed by atoms with Crippen LogP contribution >= 0.6 is 0 Å². The Balaban J connectivity index is 3.17. The normalized spacial score (nSPS) is 10.8. The fourth-order valence-electron chi connectivity index (χ4n) is 1.10. The van der Waals surface area contributed by atoms with Crippen molar-refractivity contribution < 1.29 is 22.7 Å². The van der Waals surface area contributed by atoms with Crippen molar-refractivity contribution in [3.8, 4) is 6.07 Å². The molecule has 0 aliphatic rings.